The van der Waals surface area contributed by atoms with Crippen molar-refractivity contribution < 1.29 is 9.47 Å². The molecule has 2 unspecified atom stereocenters. The zero-order chi connectivity index (χ0) is 13.7. The minimum absolute atomic E-state index is 0.339. The fourth-order valence-corrected chi connectivity index (χ4v) is 2.60. The van der Waals surface area contributed by atoms with Gasteiger partial charge in [0.25, 0.3) is 0 Å². The summed E-state index contributed by atoms with van der Waals surface area (Å²) in [5, 5.41) is 0. The number of rotatable bonds is 5. The third kappa shape index (κ3) is 4.05. The van der Waals surface area contributed by atoms with Crippen molar-refractivity contribution in [1.29, 1.82) is 0 Å². The van der Waals surface area contributed by atoms with E-state index in [1.807, 2.05) is 18.2 Å². The van der Waals surface area contributed by atoms with Crippen LogP contribution >= 0.6 is 0 Å². The summed E-state index contributed by atoms with van der Waals surface area (Å²) in [5.74, 6) is 2.38. The van der Waals surface area contributed by atoms with Crippen molar-refractivity contribution >= 4 is 5.69 Å². The van der Waals surface area contributed by atoms with Crippen LogP contribution in [0.3, 0.4) is 0 Å². The highest BCUT2D eigenvalue weighted by molar-refractivity contribution is 5.55. The van der Waals surface area contributed by atoms with Gasteiger partial charge in [0.15, 0.2) is 0 Å². The van der Waals surface area contributed by atoms with E-state index in [4.69, 9.17) is 15.2 Å². The third-order valence-electron chi connectivity index (χ3n) is 3.64. The third-order valence-corrected chi connectivity index (χ3v) is 3.64. The molecule has 1 aromatic carbocycles. The molecule has 2 rings (SSSR count). The molecule has 0 spiro atoms. The monoisotopic (exact) mass is 263 g/mol. The Morgan fingerprint density at radius 2 is 2.16 bits per heavy atom. The van der Waals surface area contributed by atoms with E-state index >= 15 is 0 Å². The van der Waals surface area contributed by atoms with Crippen LogP contribution in [0, 0.1) is 5.92 Å². The number of hydrogen-bond acceptors (Lipinski definition) is 3. The van der Waals surface area contributed by atoms with Crippen LogP contribution in [-0.2, 0) is 0 Å². The van der Waals surface area contributed by atoms with Gasteiger partial charge < -0.3 is 15.2 Å². The Balaban J connectivity index is 1.99. The highest BCUT2D eigenvalue weighted by atomic mass is 16.5. The van der Waals surface area contributed by atoms with Crippen LogP contribution in [0.4, 0.5) is 5.69 Å². The predicted octanol–water partition coefficient (Wildman–Crippen LogP) is 4.02. The van der Waals surface area contributed by atoms with Crippen molar-refractivity contribution in [1.82, 2.24) is 0 Å². The lowest BCUT2D eigenvalue weighted by Crippen LogP contribution is -2.24. The summed E-state index contributed by atoms with van der Waals surface area (Å²) >= 11 is 0. The quantitative estimate of drug-likeness (QED) is 0.816. The average Bonchev–Trinajstić information content (AvgIpc) is 2.39. The van der Waals surface area contributed by atoms with E-state index < -0.39 is 0 Å². The summed E-state index contributed by atoms with van der Waals surface area (Å²) < 4.78 is 11.7. The van der Waals surface area contributed by atoms with Crippen molar-refractivity contribution in [2.75, 3.05) is 12.3 Å². The zero-order valence-corrected chi connectivity index (χ0v) is 12.0. The summed E-state index contributed by atoms with van der Waals surface area (Å²) in [6.45, 7) is 5.07. The average molecular weight is 263 g/mol. The molecule has 2 N–H and O–H groups in total. The molecule has 19 heavy (non-hydrogen) atoms. The second-order valence-corrected chi connectivity index (χ2v) is 5.56. The molecule has 0 heterocycles. The molecule has 0 aromatic heterocycles. The van der Waals surface area contributed by atoms with E-state index in [9.17, 15) is 0 Å². The number of anilines is 1. The Morgan fingerprint density at radius 1 is 1.32 bits per heavy atom. The first-order chi connectivity index (χ1) is 9.19. The minimum Gasteiger partial charge on any atom is -0.491 e. The van der Waals surface area contributed by atoms with Crippen LogP contribution < -0.4 is 15.2 Å². The van der Waals surface area contributed by atoms with Gasteiger partial charge in [-0.25, -0.2) is 0 Å². The van der Waals surface area contributed by atoms with Gasteiger partial charge in [-0.05, 0) is 43.7 Å². The van der Waals surface area contributed by atoms with E-state index in [0.29, 0.717) is 18.4 Å². The summed E-state index contributed by atoms with van der Waals surface area (Å²) in [4.78, 5) is 0. The molecule has 2 atom stereocenters. The number of hydrogen-bond donors (Lipinski definition) is 1. The highest BCUT2D eigenvalue weighted by Crippen LogP contribution is 2.31. The van der Waals surface area contributed by atoms with E-state index in [1.54, 1.807) is 0 Å². The Kier molecular flexibility index (Phi) is 4.94. The van der Waals surface area contributed by atoms with Gasteiger partial charge in [-0.15, -0.1) is 0 Å². The second kappa shape index (κ2) is 6.69. The maximum atomic E-state index is 6.07. The molecule has 1 aliphatic carbocycles. The first kappa shape index (κ1) is 14.0. The molecule has 3 nitrogen and oxygen atoms in total. The molecule has 3 heteroatoms. The fraction of sp³-hybridized carbons (Fsp3) is 0.625. The van der Waals surface area contributed by atoms with Crippen LogP contribution in [0.15, 0.2) is 18.2 Å². The number of ether oxygens (including phenoxy) is 2. The largest absolute Gasteiger partial charge is 0.491 e. The van der Waals surface area contributed by atoms with E-state index in [-0.39, 0.29) is 0 Å². The maximum absolute atomic E-state index is 6.07. The second-order valence-electron chi connectivity index (χ2n) is 5.56. The molecule has 0 saturated heterocycles. The van der Waals surface area contributed by atoms with Gasteiger partial charge in [-0.3, -0.25) is 0 Å². The van der Waals surface area contributed by atoms with Gasteiger partial charge in [0, 0.05) is 6.07 Å². The summed E-state index contributed by atoms with van der Waals surface area (Å²) in [6.07, 6.45) is 6.21. The molecule has 1 aliphatic rings. The lowest BCUT2D eigenvalue weighted by atomic mass is 9.89. The van der Waals surface area contributed by atoms with Crippen LogP contribution in [0.2, 0.25) is 0 Å². The normalized spacial score (nSPS) is 23.1. The molecule has 1 aromatic rings. The van der Waals surface area contributed by atoms with Gasteiger partial charge in [-0.1, -0.05) is 20.3 Å². The smallest absolute Gasteiger partial charge is 0.145 e. The molecule has 1 saturated carbocycles. The molecule has 0 radical (unpaired) electrons. The summed E-state index contributed by atoms with van der Waals surface area (Å²) in [6, 6.07) is 5.73. The molecule has 106 valence electrons. The van der Waals surface area contributed by atoms with Crippen molar-refractivity contribution in [2.24, 2.45) is 5.92 Å². The summed E-state index contributed by atoms with van der Waals surface area (Å²) in [7, 11) is 0. The van der Waals surface area contributed by atoms with Gasteiger partial charge in [0.1, 0.15) is 11.5 Å². The van der Waals surface area contributed by atoms with Crippen LogP contribution in [0.5, 0.6) is 11.5 Å². The molecule has 1 fully saturated rings. The number of nitrogens with two attached hydrogens (primary N) is 1. The van der Waals surface area contributed by atoms with Crippen molar-refractivity contribution in [2.45, 2.75) is 52.1 Å². The molecule has 0 aliphatic heterocycles. The van der Waals surface area contributed by atoms with Crippen LogP contribution in [0.25, 0.3) is 0 Å². The Hall–Kier alpha value is -1.38. The SMILES string of the molecule is CCCOc1cc(OC2CCCC(C)C2)ccc1N. The first-order valence-corrected chi connectivity index (χ1v) is 7.38. The first-order valence-electron chi connectivity index (χ1n) is 7.38. The zero-order valence-electron chi connectivity index (χ0n) is 12.0. The Morgan fingerprint density at radius 3 is 2.89 bits per heavy atom. The fourth-order valence-electron chi connectivity index (χ4n) is 2.60. The topological polar surface area (TPSA) is 44.5 Å². The van der Waals surface area contributed by atoms with Crippen molar-refractivity contribution in [3.05, 3.63) is 18.2 Å². The molecular weight excluding hydrogens is 238 g/mol. The van der Waals surface area contributed by atoms with Gasteiger partial charge in [0.2, 0.25) is 0 Å². The van der Waals surface area contributed by atoms with E-state index in [0.717, 1.165) is 36.7 Å². The molecular formula is C16H25NO2. The maximum Gasteiger partial charge on any atom is 0.145 e. The number of nitrogen functional groups attached to an aromatic ring is 1. The van der Waals surface area contributed by atoms with Crippen molar-refractivity contribution in [3.8, 4) is 11.5 Å². The van der Waals surface area contributed by atoms with Crippen LogP contribution in [-0.4, -0.2) is 12.7 Å². The molecule has 0 bridgehead atoms. The van der Waals surface area contributed by atoms with Gasteiger partial charge in [-0.2, -0.15) is 0 Å². The Labute approximate surface area is 116 Å². The van der Waals surface area contributed by atoms with Gasteiger partial charge >= 0.3 is 0 Å². The van der Waals surface area contributed by atoms with E-state index in [1.165, 1.54) is 12.8 Å². The van der Waals surface area contributed by atoms with Crippen LogP contribution in [0.1, 0.15) is 46.0 Å². The Bertz CT molecular complexity index is 406. The number of benzene rings is 1. The highest BCUT2D eigenvalue weighted by Gasteiger charge is 2.20. The minimum atomic E-state index is 0.339. The molecule has 0 amide bonds. The lowest BCUT2D eigenvalue weighted by Gasteiger charge is -2.27. The van der Waals surface area contributed by atoms with Gasteiger partial charge in [0.05, 0.1) is 18.4 Å². The van der Waals surface area contributed by atoms with E-state index in [2.05, 4.69) is 13.8 Å². The standard InChI is InChI=1S/C16H25NO2/c1-3-9-18-16-11-14(7-8-15(16)17)19-13-6-4-5-12(2)10-13/h7-8,11-13H,3-6,9-10,17H2,1-2H3. The predicted molar refractivity (Wildman–Crippen MR) is 78.7 cm³/mol. The lowest BCUT2D eigenvalue weighted by molar-refractivity contribution is 0.129. The summed E-state index contributed by atoms with van der Waals surface area (Å²) in [5.41, 5.74) is 6.58. The van der Waals surface area contributed by atoms with Crippen molar-refractivity contribution in [3.63, 3.8) is 0 Å².